The van der Waals surface area contributed by atoms with Gasteiger partial charge in [0.05, 0.1) is 13.2 Å². The van der Waals surface area contributed by atoms with E-state index in [1.54, 1.807) is 20.8 Å². The van der Waals surface area contributed by atoms with Crippen molar-refractivity contribution in [3.05, 3.63) is 0 Å². The molecule has 1 heterocycles. The van der Waals surface area contributed by atoms with E-state index in [1.807, 2.05) is 0 Å². The van der Waals surface area contributed by atoms with Crippen molar-refractivity contribution in [2.75, 3.05) is 19.8 Å². The zero-order valence-corrected chi connectivity index (χ0v) is 12.8. The molecule has 0 aromatic carbocycles. The number of morpholine rings is 1. The molecule has 1 fully saturated rings. The molecule has 1 saturated heterocycles. The minimum Gasteiger partial charge on any atom is -0.444 e. The molecule has 0 radical (unpaired) electrons. The van der Waals surface area contributed by atoms with Gasteiger partial charge in [-0.1, -0.05) is 0 Å². The van der Waals surface area contributed by atoms with Gasteiger partial charge in [0.15, 0.2) is 0 Å². The summed E-state index contributed by atoms with van der Waals surface area (Å²) in [5, 5.41) is 2.45. The van der Waals surface area contributed by atoms with Crippen LogP contribution in [0.4, 0.5) is 4.79 Å². The Kier molecular flexibility index (Phi) is 5.54. The Morgan fingerprint density at radius 3 is 2.52 bits per heavy atom. The smallest absolute Gasteiger partial charge is 0.411 e. The SMILES string of the molecule is CC(NC(=O)[C@@H]1COCCN1C(=O)OC(C)(C)C)C(N)=O. The van der Waals surface area contributed by atoms with Crippen LogP contribution in [0, 0.1) is 0 Å². The second-order valence-corrected chi connectivity index (χ2v) is 5.90. The van der Waals surface area contributed by atoms with E-state index in [9.17, 15) is 14.4 Å². The summed E-state index contributed by atoms with van der Waals surface area (Å²) in [7, 11) is 0. The number of amides is 3. The first kappa shape index (κ1) is 17.2. The Bertz CT molecular complexity index is 419. The highest BCUT2D eigenvalue weighted by Crippen LogP contribution is 2.14. The van der Waals surface area contributed by atoms with E-state index >= 15 is 0 Å². The fourth-order valence-corrected chi connectivity index (χ4v) is 1.74. The molecular weight excluding hydrogens is 278 g/mol. The minimum absolute atomic E-state index is 0.0521. The lowest BCUT2D eigenvalue weighted by Gasteiger charge is -2.35. The molecule has 8 heteroatoms. The van der Waals surface area contributed by atoms with Gasteiger partial charge in [-0.15, -0.1) is 0 Å². The van der Waals surface area contributed by atoms with E-state index in [4.69, 9.17) is 15.2 Å². The standard InChI is InChI=1S/C13H23N3O5/c1-8(10(14)17)15-11(18)9-7-20-6-5-16(9)12(19)21-13(2,3)4/h8-9H,5-7H2,1-4H3,(H2,14,17)(H,15,18)/t8?,9-/m0/s1. The van der Waals surface area contributed by atoms with Crippen molar-refractivity contribution in [1.29, 1.82) is 0 Å². The van der Waals surface area contributed by atoms with Crippen LogP contribution in [0.25, 0.3) is 0 Å². The second-order valence-electron chi connectivity index (χ2n) is 5.90. The summed E-state index contributed by atoms with van der Waals surface area (Å²) >= 11 is 0. The number of nitrogens with one attached hydrogen (secondary N) is 1. The fraction of sp³-hybridized carbons (Fsp3) is 0.769. The highest BCUT2D eigenvalue weighted by atomic mass is 16.6. The van der Waals surface area contributed by atoms with Crippen molar-refractivity contribution >= 4 is 17.9 Å². The third kappa shape index (κ3) is 5.22. The zero-order valence-electron chi connectivity index (χ0n) is 12.8. The number of carbonyl (C=O) groups is 3. The summed E-state index contributed by atoms with van der Waals surface area (Å²) in [5.41, 5.74) is 4.45. The molecule has 8 nitrogen and oxygen atoms in total. The van der Waals surface area contributed by atoms with Crippen LogP contribution in [0.1, 0.15) is 27.7 Å². The number of nitrogens with two attached hydrogens (primary N) is 1. The average Bonchev–Trinajstić information content (AvgIpc) is 2.36. The van der Waals surface area contributed by atoms with Gasteiger partial charge in [-0.05, 0) is 27.7 Å². The number of rotatable bonds is 3. The predicted octanol–water partition coefficient (Wildman–Crippen LogP) is -0.388. The summed E-state index contributed by atoms with van der Waals surface area (Å²) in [4.78, 5) is 36.6. The van der Waals surface area contributed by atoms with Gasteiger partial charge in [-0.3, -0.25) is 14.5 Å². The molecule has 1 aliphatic rings. The lowest BCUT2D eigenvalue weighted by molar-refractivity contribution is -0.135. The van der Waals surface area contributed by atoms with Gasteiger partial charge >= 0.3 is 6.09 Å². The van der Waals surface area contributed by atoms with Crippen LogP contribution in [0.2, 0.25) is 0 Å². The van der Waals surface area contributed by atoms with Crippen molar-refractivity contribution in [2.24, 2.45) is 5.73 Å². The number of hydrogen-bond acceptors (Lipinski definition) is 5. The van der Waals surface area contributed by atoms with E-state index < -0.39 is 35.6 Å². The molecule has 0 bridgehead atoms. The first-order chi connectivity index (χ1) is 9.61. The van der Waals surface area contributed by atoms with Gasteiger partial charge in [0.2, 0.25) is 11.8 Å². The molecule has 120 valence electrons. The monoisotopic (exact) mass is 301 g/mol. The third-order valence-corrected chi connectivity index (χ3v) is 2.84. The Morgan fingerprint density at radius 2 is 2.00 bits per heavy atom. The Hall–Kier alpha value is -1.83. The molecule has 0 spiro atoms. The molecule has 0 aliphatic carbocycles. The summed E-state index contributed by atoms with van der Waals surface area (Å²) in [6.45, 7) is 7.34. The quantitative estimate of drug-likeness (QED) is 0.737. The highest BCUT2D eigenvalue weighted by molar-refractivity contribution is 5.90. The fourth-order valence-electron chi connectivity index (χ4n) is 1.74. The van der Waals surface area contributed by atoms with E-state index in [2.05, 4.69) is 5.32 Å². The van der Waals surface area contributed by atoms with Crippen LogP contribution >= 0.6 is 0 Å². The Morgan fingerprint density at radius 1 is 1.38 bits per heavy atom. The normalized spacial score (nSPS) is 20.6. The highest BCUT2D eigenvalue weighted by Gasteiger charge is 2.36. The maximum atomic E-state index is 12.1. The number of primary amides is 1. The van der Waals surface area contributed by atoms with Crippen molar-refractivity contribution in [2.45, 2.75) is 45.4 Å². The predicted molar refractivity (Wildman–Crippen MR) is 74.3 cm³/mol. The molecule has 1 unspecified atom stereocenters. The first-order valence-electron chi connectivity index (χ1n) is 6.79. The maximum Gasteiger partial charge on any atom is 0.411 e. The second kappa shape index (κ2) is 6.75. The number of ether oxygens (including phenoxy) is 2. The van der Waals surface area contributed by atoms with Crippen molar-refractivity contribution in [1.82, 2.24) is 10.2 Å². The Labute approximate surface area is 123 Å². The van der Waals surface area contributed by atoms with Crippen LogP contribution in [-0.2, 0) is 19.1 Å². The van der Waals surface area contributed by atoms with Crippen LogP contribution < -0.4 is 11.1 Å². The van der Waals surface area contributed by atoms with Crippen LogP contribution in [-0.4, -0.2) is 60.3 Å². The molecule has 0 aromatic heterocycles. The first-order valence-corrected chi connectivity index (χ1v) is 6.79. The molecule has 2 atom stereocenters. The topological polar surface area (TPSA) is 111 Å². The van der Waals surface area contributed by atoms with Gasteiger partial charge in [-0.2, -0.15) is 0 Å². The lowest BCUT2D eigenvalue weighted by atomic mass is 10.2. The third-order valence-electron chi connectivity index (χ3n) is 2.84. The van der Waals surface area contributed by atoms with Crippen LogP contribution in [0.15, 0.2) is 0 Å². The largest absolute Gasteiger partial charge is 0.444 e. The van der Waals surface area contributed by atoms with E-state index in [-0.39, 0.29) is 13.2 Å². The summed E-state index contributed by atoms with van der Waals surface area (Å²) in [6.07, 6.45) is -0.585. The van der Waals surface area contributed by atoms with Gasteiger partial charge in [0.1, 0.15) is 17.7 Å². The van der Waals surface area contributed by atoms with Gasteiger partial charge in [0.25, 0.3) is 0 Å². The van der Waals surface area contributed by atoms with Crippen molar-refractivity contribution in [3.63, 3.8) is 0 Å². The molecule has 0 aromatic rings. The summed E-state index contributed by atoms with van der Waals surface area (Å²) < 4.78 is 10.5. The van der Waals surface area contributed by atoms with Crippen molar-refractivity contribution in [3.8, 4) is 0 Å². The Balaban J connectivity index is 2.75. The molecule has 3 N–H and O–H groups in total. The van der Waals surface area contributed by atoms with Crippen molar-refractivity contribution < 1.29 is 23.9 Å². The molecular formula is C13H23N3O5. The summed E-state index contributed by atoms with van der Waals surface area (Å²) in [5.74, 6) is -1.14. The minimum atomic E-state index is -0.838. The molecule has 1 aliphatic heterocycles. The van der Waals surface area contributed by atoms with Gasteiger partial charge in [0, 0.05) is 6.54 Å². The zero-order chi connectivity index (χ0) is 16.2. The molecule has 1 rings (SSSR count). The molecule has 21 heavy (non-hydrogen) atoms. The van der Waals surface area contributed by atoms with E-state index in [1.165, 1.54) is 11.8 Å². The number of carbonyl (C=O) groups excluding carboxylic acids is 3. The van der Waals surface area contributed by atoms with E-state index in [0.717, 1.165) is 0 Å². The lowest BCUT2D eigenvalue weighted by Crippen LogP contribution is -2.58. The maximum absolute atomic E-state index is 12.1. The molecule has 0 saturated carbocycles. The van der Waals surface area contributed by atoms with Crippen LogP contribution in [0.5, 0.6) is 0 Å². The van der Waals surface area contributed by atoms with Crippen LogP contribution in [0.3, 0.4) is 0 Å². The number of nitrogens with zero attached hydrogens (tertiary/aromatic N) is 1. The number of hydrogen-bond donors (Lipinski definition) is 2. The summed E-state index contributed by atoms with van der Waals surface area (Å²) in [6, 6.07) is -1.66. The van der Waals surface area contributed by atoms with Gasteiger partial charge < -0.3 is 20.5 Å². The molecule has 3 amide bonds. The average molecular weight is 301 g/mol. The van der Waals surface area contributed by atoms with Gasteiger partial charge in [-0.25, -0.2) is 4.79 Å². The van der Waals surface area contributed by atoms with E-state index in [0.29, 0.717) is 6.61 Å².